The molecule has 0 unspecified atom stereocenters. The lowest BCUT2D eigenvalue weighted by molar-refractivity contribution is -0.151. The van der Waals surface area contributed by atoms with Crippen LogP contribution >= 0.6 is 0 Å². The van der Waals surface area contributed by atoms with Gasteiger partial charge < -0.3 is 14.2 Å². The number of hydrogen-bond donors (Lipinski definition) is 0. The highest BCUT2D eigenvalue weighted by atomic mass is 16.7. The highest BCUT2D eigenvalue weighted by Crippen LogP contribution is 2.17. The zero-order valence-electron chi connectivity index (χ0n) is 12.1. The van der Waals surface area contributed by atoms with E-state index in [2.05, 4.69) is 6.92 Å². The van der Waals surface area contributed by atoms with E-state index < -0.39 is 18.2 Å². The largest absolute Gasteiger partial charge is 0.494 e. The minimum atomic E-state index is -0.939. The Morgan fingerprint density at radius 2 is 2.00 bits per heavy atom. The topological polar surface area (TPSA) is 61.8 Å². The molecule has 1 atom stereocenters. The fourth-order valence-corrected chi connectivity index (χ4v) is 1.76. The molecule has 5 heteroatoms. The molecule has 1 aliphatic rings. The van der Waals surface area contributed by atoms with Crippen LogP contribution in [0.15, 0.2) is 35.9 Å². The van der Waals surface area contributed by atoms with Crippen LogP contribution in [0.5, 0.6) is 5.75 Å². The second-order valence-corrected chi connectivity index (χ2v) is 4.76. The number of rotatable bonds is 6. The van der Waals surface area contributed by atoms with Crippen LogP contribution in [0.1, 0.15) is 37.0 Å². The fourth-order valence-electron chi connectivity index (χ4n) is 1.76. The van der Waals surface area contributed by atoms with Gasteiger partial charge in [-0.3, -0.25) is 0 Å². The van der Waals surface area contributed by atoms with Crippen molar-refractivity contribution in [3.8, 4) is 5.75 Å². The molecular weight excluding hydrogens is 272 g/mol. The molecule has 1 aromatic carbocycles. The van der Waals surface area contributed by atoms with Crippen LogP contribution in [-0.4, -0.2) is 24.8 Å². The van der Waals surface area contributed by atoms with Crippen molar-refractivity contribution in [3.05, 3.63) is 41.5 Å². The zero-order valence-corrected chi connectivity index (χ0v) is 12.1. The van der Waals surface area contributed by atoms with Crippen molar-refractivity contribution in [2.75, 3.05) is 6.61 Å². The summed E-state index contributed by atoms with van der Waals surface area (Å²) in [6.07, 6.45) is 2.59. The van der Waals surface area contributed by atoms with Crippen LogP contribution in [0.3, 0.4) is 0 Å². The van der Waals surface area contributed by atoms with Gasteiger partial charge in [-0.1, -0.05) is 13.3 Å². The standard InChI is InChI=1S/C16H18O5/c1-3-4-9-19-13-7-5-12(6-8-13)16(18)21-14-10-11(2)15(17)20-14/h5-8,10,14H,3-4,9H2,1-2H3/t14-/m0/s1. The van der Waals surface area contributed by atoms with Crippen molar-refractivity contribution in [2.45, 2.75) is 33.0 Å². The predicted molar refractivity (Wildman–Crippen MR) is 75.9 cm³/mol. The summed E-state index contributed by atoms with van der Waals surface area (Å²) in [5.74, 6) is -0.297. The summed E-state index contributed by atoms with van der Waals surface area (Å²) in [5, 5.41) is 0. The van der Waals surface area contributed by atoms with Crippen molar-refractivity contribution in [2.24, 2.45) is 0 Å². The molecule has 0 fully saturated rings. The predicted octanol–water partition coefficient (Wildman–Crippen LogP) is 2.85. The lowest BCUT2D eigenvalue weighted by Crippen LogP contribution is -2.17. The van der Waals surface area contributed by atoms with Crippen LogP contribution in [0.25, 0.3) is 0 Å². The van der Waals surface area contributed by atoms with E-state index in [1.165, 1.54) is 6.08 Å². The van der Waals surface area contributed by atoms with E-state index in [0.717, 1.165) is 12.8 Å². The van der Waals surface area contributed by atoms with Gasteiger partial charge in [0.1, 0.15) is 5.75 Å². The van der Waals surface area contributed by atoms with E-state index in [4.69, 9.17) is 14.2 Å². The first-order chi connectivity index (χ1) is 10.1. The van der Waals surface area contributed by atoms with Crippen LogP contribution in [-0.2, 0) is 14.3 Å². The maximum absolute atomic E-state index is 11.9. The third kappa shape index (κ3) is 4.08. The summed E-state index contributed by atoms with van der Waals surface area (Å²) in [6, 6.07) is 6.68. The van der Waals surface area contributed by atoms with E-state index in [-0.39, 0.29) is 0 Å². The molecule has 0 saturated carbocycles. The summed E-state index contributed by atoms with van der Waals surface area (Å²) < 4.78 is 15.4. The molecule has 1 heterocycles. The van der Waals surface area contributed by atoms with Gasteiger partial charge in [-0.25, -0.2) is 9.59 Å². The average molecular weight is 290 g/mol. The van der Waals surface area contributed by atoms with Gasteiger partial charge in [0.05, 0.1) is 12.2 Å². The maximum Gasteiger partial charge on any atom is 0.341 e. The highest BCUT2D eigenvalue weighted by molar-refractivity contribution is 5.92. The average Bonchev–Trinajstić information content (AvgIpc) is 2.78. The first-order valence-electron chi connectivity index (χ1n) is 6.93. The van der Waals surface area contributed by atoms with Gasteiger partial charge in [-0.2, -0.15) is 0 Å². The molecule has 0 amide bonds. The Morgan fingerprint density at radius 1 is 1.29 bits per heavy atom. The molecule has 0 spiro atoms. The molecule has 112 valence electrons. The Kier molecular flexibility index (Phi) is 4.98. The summed E-state index contributed by atoms with van der Waals surface area (Å²) in [5.41, 5.74) is 0.819. The SMILES string of the molecule is CCCCOc1ccc(C(=O)O[C@H]2C=C(C)C(=O)O2)cc1. The van der Waals surface area contributed by atoms with E-state index >= 15 is 0 Å². The highest BCUT2D eigenvalue weighted by Gasteiger charge is 2.25. The Bertz CT molecular complexity index is 544. The zero-order chi connectivity index (χ0) is 15.2. The molecule has 0 radical (unpaired) electrons. The number of esters is 2. The van der Waals surface area contributed by atoms with Gasteiger partial charge in [0.25, 0.3) is 6.29 Å². The van der Waals surface area contributed by atoms with Gasteiger partial charge in [0.2, 0.25) is 0 Å². The summed E-state index contributed by atoms with van der Waals surface area (Å²) >= 11 is 0. The number of hydrogen-bond acceptors (Lipinski definition) is 5. The van der Waals surface area contributed by atoms with Gasteiger partial charge in [0.15, 0.2) is 0 Å². The number of benzene rings is 1. The van der Waals surface area contributed by atoms with Crippen LogP contribution < -0.4 is 4.74 Å². The van der Waals surface area contributed by atoms with E-state index in [0.29, 0.717) is 23.5 Å². The molecule has 0 N–H and O–H groups in total. The quantitative estimate of drug-likeness (QED) is 0.595. The molecule has 0 aromatic heterocycles. The molecule has 21 heavy (non-hydrogen) atoms. The molecular formula is C16H18O5. The Labute approximate surface area is 123 Å². The van der Waals surface area contributed by atoms with Crippen molar-refractivity contribution in [3.63, 3.8) is 0 Å². The molecule has 5 nitrogen and oxygen atoms in total. The molecule has 0 bridgehead atoms. The number of cyclic esters (lactones) is 1. The second-order valence-electron chi connectivity index (χ2n) is 4.76. The summed E-state index contributed by atoms with van der Waals surface area (Å²) in [6.45, 7) is 4.36. The minimum Gasteiger partial charge on any atom is -0.494 e. The van der Waals surface area contributed by atoms with Gasteiger partial charge in [-0.15, -0.1) is 0 Å². The van der Waals surface area contributed by atoms with Crippen LogP contribution in [0.4, 0.5) is 0 Å². The lowest BCUT2D eigenvalue weighted by atomic mass is 10.2. The third-order valence-corrected chi connectivity index (χ3v) is 3.01. The molecule has 1 aromatic rings. The van der Waals surface area contributed by atoms with E-state index in [9.17, 15) is 9.59 Å². The number of carbonyl (C=O) groups is 2. The van der Waals surface area contributed by atoms with Crippen LogP contribution in [0.2, 0.25) is 0 Å². The van der Waals surface area contributed by atoms with E-state index in [1.54, 1.807) is 31.2 Å². The van der Waals surface area contributed by atoms with Crippen LogP contribution in [0, 0.1) is 0 Å². The monoisotopic (exact) mass is 290 g/mol. The molecule has 0 saturated heterocycles. The smallest absolute Gasteiger partial charge is 0.341 e. The maximum atomic E-state index is 11.9. The van der Waals surface area contributed by atoms with Crippen molar-refractivity contribution < 1.29 is 23.8 Å². The first kappa shape index (κ1) is 15.1. The first-order valence-corrected chi connectivity index (χ1v) is 6.93. The third-order valence-electron chi connectivity index (χ3n) is 3.01. The van der Waals surface area contributed by atoms with Crippen molar-refractivity contribution >= 4 is 11.9 Å². The second kappa shape index (κ2) is 6.92. The summed E-state index contributed by atoms with van der Waals surface area (Å²) in [7, 11) is 0. The van der Waals surface area contributed by atoms with Gasteiger partial charge in [0, 0.05) is 11.6 Å². The number of ether oxygens (including phenoxy) is 3. The van der Waals surface area contributed by atoms with E-state index in [1.807, 2.05) is 0 Å². The van der Waals surface area contributed by atoms with Crippen molar-refractivity contribution in [1.29, 1.82) is 0 Å². The van der Waals surface area contributed by atoms with Crippen molar-refractivity contribution in [1.82, 2.24) is 0 Å². The number of carbonyl (C=O) groups excluding carboxylic acids is 2. The Morgan fingerprint density at radius 3 is 2.57 bits per heavy atom. The minimum absolute atomic E-state index is 0.381. The molecule has 0 aliphatic carbocycles. The number of unbranched alkanes of at least 4 members (excludes halogenated alkanes) is 1. The summed E-state index contributed by atoms with van der Waals surface area (Å²) in [4.78, 5) is 23.1. The Hall–Kier alpha value is -2.30. The fraction of sp³-hybridized carbons (Fsp3) is 0.375. The Balaban J connectivity index is 1.90. The normalized spacial score (nSPS) is 17.1. The lowest BCUT2D eigenvalue weighted by Gasteiger charge is -2.10. The van der Waals surface area contributed by atoms with Gasteiger partial charge in [-0.05, 0) is 37.6 Å². The molecule has 2 rings (SSSR count). The molecule has 1 aliphatic heterocycles. The van der Waals surface area contributed by atoms with Gasteiger partial charge >= 0.3 is 11.9 Å².